The Morgan fingerprint density at radius 1 is 1.30 bits per heavy atom. The Morgan fingerprint density at radius 3 is 2.85 bits per heavy atom. The van der Waals surface area contributed by atoms with Crippen molar-refractivity contribution in [3.8, 4) is 0 Å². The van der Waals surface area contributed by atoms with Gasteiger partial charge in [0.25, 0.3) is 6.43 Å². The van der Waals surface area contributed by atoms with Crippen molar-refractivity contribution in [2.45, 2.75) is 25.3 Å². The molecule has 0 amide bonds. The monoisotopic (exact) mass is 299 g/mol. The molecule has 0 aliphatic carbocycles. The van der Waals surface area contributed by atoms with Crippen LogP contribution >= 0.6 is 11.3 Å². The molecule has 1 atom stereocenters. The molecule has 2 aromatic rings. The van der Waals surface area contributed by atoms with Crippen LogP contribution < -0.4 is 5.32 Å². The fourth-order valence-corrected chi connectivity index (χ4v) is 3.18. The second kappa shape index (κ2) is 7.67. The Morgan fingerprint density at radius 2 is 2.10 bits per heavy atom. The first kappa shape index (κ1) is 15.4. The average Bonchev–Trinajstić information content (AvgIpc) is 2.85. The molecular formula is C15H19F2NOS. The second-order valence-corrected chi connectivity index (χ2v) is 5.61. The maximum absolute atomic E-state index is 12.0. The Kier molecular flexibility index (Phi) is 5.88. The van der Waals surface area contributed by atoms with Crippen LogP contribution in [0.2, 0.25) is 0 Å². The van der Waals surface area contributed by atoms with Crippen molar-refractivity contribution in [2.24, 2.45) is 0 Å². The summed E-state index contributed by atoms with van der Waals surface area (Å²) in [6.07, 6.45) is -0.768. The van der Waals surface area contributed by atoms with Gasteiger partial charge in [0, 0.05) is 17.3 Å². The van der Waals surface area contributed by atoms with Gasteiger partial charge < -0.3 is 10.1 Å². The summed E-state index contributed by atoms with van der Waals surface area (Å²) < 4.78 is 30.2. The van der Waals surface area contributed by atoms with Gasteiger partial charge in [-0.1, -0.05) is 18.2 Å². The van der Waals surface area contributed by atoms with Crippen molar-refractivity contribution in [3.63, 3.8) is 0 Å². The number of benzene rings is 1. The van der Waals surface area contributed by atoms with Crippen molar-refractivity contribution in [2.75, 3.05) is 20.3 Å². The van der Waals surface area contributed by atoms with Gasteiger partial charge in [-0.15, -0.1) is 11.3 Å². The minimum atomic E-state index is -2.39. The first-order valence-electron chi connectivity index (χ1n) is 6.69. The van der Waals surface area contributed by atoms with Crippen molar-refractivity contribution in [1.82, 2.24) is 5.32 Å². The van der Waals surface area contributed by atoms with Crippen LogP contribution in [0, 0.1) is 0 Å². The summed E-state index contributed by atoms with van der Waals surface area (Å²) in [5.74, 6) is 0. The number of hydrogen-bond acceptors (Lipinski definition) is 3. The zero-order valence-corrected chi connectivity index (χ0v) is 12.3. The molecule has 20 heavy (non-hydrogen) atoms. The highest BCUT2D eigenvalue weighted by molar-refractivity contribution is 7.17. The lowest BCUT2D eigenvalue weighted by Gasteiger charge is -2.16. The van der Waals surface area contributed by atoms with Gasteiger partial charge in [0.05, 0.1) is 0 Å². The van der Waals surface area contributed by atoms with E-state index in [0.717, 1.165) is 12.8 Å². The van der Waals surface area contributed by atoms with E-state index in [4.69, 9.17) is 4.74 Å². The fraction of sp³-hybridized carbons (Fsp3) is 0.467. The predicted octanol–water partition coefficient (Wildman–Crippen LogP) is 3.70. The van der Waals surface area contributed by atoms with Gasteiger partial charge in [0.2, 0.25) is 0 Å². The molecule has 0 aliphatic heterocycles. The Hall–Kier alpha value is -1.04. The number of ether oxygens (including phenoxy) is 1. The normalized spacial score (nSPS) is 13.2. The van der Waals surface area contributed by atoms with Gasteiger partial charge in [-0.05, 0) is 42.3 Å². The lowest BCUT2D eigenvalue weighted by Crippen LogP contribution is -2.29. The zero-order valence-electron chi connectivity index (χ0n) is 11.4. The number of rotatable bonds is 8. The average molecular weight is 299 g/mol. The molecule has 1 heterocycles. The van der Waals surface area contributed by atoms with E-state index in [1.165, 1.54) is 15.6 Å². The van der Waals surface area contributed by atoms with E-state index in [1.807, 2.05) is 19.2 Å². The van der Waals surface area contributed by atoms with Gasteiger partial charge in [-0.25, -0.2) is 8.78 Å². The number of likely N-dealkylation sites (N-methyl/N-ethyl adjacent to an activating group) is 1. The minimum Gasteiger partial charge on any atom is -0.375 e. The van der Waals surface area contributed by atoms with Crippen LogP contribution in [-0.2, 0) is 11.2 Å². The van der Waals surface area contributed by atoms with Gasteiger partial charge in [0.15, 0.2) is 0 Å². The standard InChI is InChI=1S/C15H19F2NOS/c1-18-12(6-7-19-9-15(16)17)8-11-10-20-14-5-3-2-4-13(11)14/h2-5,10,12,15,18H,6-9H2,1H3. The minimum absolute atomic E-state index is 0.241. The summed E-state index contributed by atoms with van der Waals surface area (Å²) >= 11 is 1.74. The maximum Gasteiger partial charge on any atom is 0.261 e. The molecule has 0 saturated heterocycles. The van der Waals surface area contributed by atoms with Crippen LogP contribution in [0.15, 0.2) is 29.6 Å². The Balaban J connectivity index is 1.89. The Labute approximate surface area is 121 Å². The van der Waals surface area contributed by atoms with E-state index in [2.05, 4.69) is 22.8 Å². The van der Waals surface area contributed by atoms with E-state index in [1.54, 1.807) is 11.3 Å². The Bertz CT molecular complexity index is 529. The lowest BCUT2D eigenvalue weighted by molar-refractivity contribution is 0.0146. The van der Waals surface area contributed by atoms with Crippen LogP contribution in [0.25, 0.3) is 10.1 Å². The van der Waals surface area contributed by atoms with Crippen LogP contribution in [0.1, 0.15) is 12.0 Å². The lowest BCUT2D eigenvalue weighted by atomic mass is 10.0. The highest BCUT2D eigenvalue weighted by Gasteiger charge is 2.11. The molecule has 1 unspecified atom stereocenters. The van der Waals surface area contributed by atoms with E-state index in [9.17, 15) is 8.78 Å². The van der Waals surface area contributed by atoms with E-state index in [0.29, 0.717) is 6.61 Å². The molecule has 2 rings (SSSR count). The van der Waals surface area contributed by atoms with E-state index < -0.39 is 13.0 Å². The third-order valence-corrected chi connectivity index (χ3v) is 4.30. The zero-order chi connectivity index (χ0) is 14.4. The van der Waals surface area contributed by atoms with Gasteiger partial charge in [-0.3, -0.25) is 0 Å². The molecule has 0 spiro atoms. The maximum atomic E-state index is 12.0. The summed E-state index contributed by atoms with van der Waals surface area (Å²) in [7, 11) is 1.90. The largest absolute Gasteiger partial charge is 0.375 e. The number of fused-ring (bicyclic) bond motifs is 1. The van der Waals surface area contributed by atoms with Crippen LogP contribution in [-0.4, -0.2) is 32.7 Å². The summed E-state index contributed by atoms with van der Waals surface area (Å²) in [5.41, 5.74) is 1.30. The molecule has 0 saturated carbocycles. The third-order valence-electron chi connectivity index (χ3n) is 3.29. The second-order valence-electron chi connectivity index (χ2n) is 4.70. The number of nitrogens with one attached hydrogen (secondary N) is 1. The molecule has 0 aliphatic rings. The van der Waals surface area contributed by atoms with Crippen molar-refractivity contribution >= 4 is 21.4 Å². The summed E-state index contributed by atoms with van der Waals surface area (Å²) in [4.78, 5) is 0. The summed E-state index contributed by atoms with van der Waals surface area (Å²) in [6.45, 7) is -0.115. The highest BCUT2D eigenvalue weighted by Crippen LogP contribution is 2.26. The van der Waals surface area contributed by atoms with Crippen molar-refractivity contribution in [1.29, 1.82) is 0 Å². The number of halogens is 2. The highest BCUT2D eigenvalue weighted by atomic mass is 32.1. The summed E-state index contributed by atoms with van der Waals surface area (Å²) in [5, 5.41) is 6.69. The molecule has 1 aromatic carbocycles. The SMILES string of the molecule is CNC(CCOCC(F)F)Cc1csc2ccccc12. The van der Waals surface area contributed by atoms with Crippen LogP contribution in [0.4, 0.5) is 8.78 Å². The molecular weight excluding hydrogens is 280 g/mol. The number of alkyl halides is 2. The first-order valence-corrected chi connectivity index (χ1v) is 7.57. The molecule has 1 aromatic heterocycles. The van der Waals surface area contributed by atoms with Gasteiger partial charge in [-0.2, -0.15) is 0 Å². The summed E-state index contributed by atoms with van der Waals surface area (Å²) in [6, 6.07) is 8.56. The van der Waals surface area contributed by atoms with Crippen molar-refractivity contribution < 1.29 is 13.5 Å². The quantitative estimate of drug-likeness (QED) is 0.750. The van der Waals surface area contributed by atoms with E-state index >= 15 is 0 Å². The number of thiophene rings is 1. The fourth-order valence-electron chi connectivity index (χ4n) is 2.20. The predicted molar refractivity (Wildman–Crippen MR) is 79.8 cm³/mol. The molecule has 110 valence electrons. The van der Waals surface area contributed by atoms with Crippen LogP contribution in [0.5, 0.6) is 0 Å². The molecule has 2 nitrogen and oxygen atoms in total. The van der Waals surface area contributed by atoms with Crippen LogP contribution in [0.3, 0.4) is 0 Å². The van der Waals surface area contributed by atoms with Gasteiger partial charge in [0.1, 0.15) is 6.61 Å². The molecule has 0 fully saturated rings. The molecule has 5 heteroatoms. The molecule has 0 radical (unpaired) electrons. The number of hydrogen-bond donors (Lipinski definition) is 1. The smallest absolute Gasteiger partial charge is 0.261 e. The molecule has 1 N–H and O–H groups in total. The topological polar surface area (TPSA) is 21.3 Å². The first-order chi connectivity index (χ1) is 9.70. The van der Waals surface area contributed by atoms with Crippen molar-refractivity contribution in [3.05, 3.63) is 35.2 Å². The van der Waals surface area contributed by atoms with E-state index in [-0.39, 0.29) is 6.04 Å². The molecule has 0 bridgehead atoms. The van der Waals surface area contributed by atoms with Gasteiger partial charge >= 0.3 is 0 Å². The third kappa shape index (κ3) is 4.23.